The number of carboxylic acid groups (broad SMARTS) is 1. The molecule has 8 nitrogen and oxygen atoms in total. The predicted octanol–water partition coefficient (Wildman–Crippen LogP) is 1.26. The summed E-state index contributed by atoms with van der Waals surface area (Å²) in [5.41, 5.74) is -0.655. The van der Waals surface area contributed by atoms with Crippen LogP contribution in [-0.2, 0) is 0 Å². The first-order chi connectivity index (χ1) is 8.81. The number of aliphatic hydroxyl groups excluding tert-OH is 1. The molecule has 1 aromatic rings. The van der Waals surface area contributed by atoms with Gasteiger partial charge in [0.15, 0.2) is 0 Å². The molecule has 2 unspecified atom stereocenters. The zero-order chi connectivity index (χ0) is 14.6. The molecule has 0 saturated heterocycles. The van der Waals surface area contributed by atoms with Crippen LogP contribution in [-0.4, -0.2) is 38.2 Å². The van der Waals surface area contributed by atoms with Crippen molar-refractivity contribution in [1.29, 1.82) is 0 Å². The van der Waals surface area contributed by atoms with Gasteiger partial charge in [-0.1, -0.05) is 0 Å². The minimum absolute atomic E-state index is 0.0110. The first kappa shape index (κ1) is 14.8. The average molecular weight is 269 g/mol. The molecule has 19 heavy (non-hydrogen) atoms. The van der Waals surface area contributed by atoms with Crippen LogP contribution in [0.3, 0.4) is 0 Å². The normalized spacial score (nSPS) is 13.6. The van der Waals surface area contributed by atoms with E-state index in [1.54, 1.807) is 13.8 Å². The molecule has 0 bridgehead atoms. The second kappa shape index (κ2) is 6.10. The van der Waals surface area contributed by atoms with Gasteiger partial charge in [-0.05, 0) is 20.3 Å². The number of aromatic carboxylic acids is 1. The molecule has 0 spiro atoms. The molecule has 0 aliphatic rings. The summed E-state index contributed by atoms with van der Waals surface area (Å²) < 4.78 is 0. The molecule has 2 atom stereocenters. The Morgan fingerprint density at radius 1 is 1.58 bits per heavy atom. The number of nitro groups is 1. The molecule has 3 N–H and O–H groups in total. The smallest absolute Gasteiger partial charge is 0.337 e. The lowest BCUT2D eigenvalue weighted by Gasteiger charge is -2.15. The number of aliphatic hydroxyl groups is 1. The lowest BCUT2D eigenvalue weighted by Crippen LogP contribution is -2.22. The van der Waals surface area contributed by atoms with Crippen LogP contribution in [0.2, 0.25) is 0 Å². The van der Waals surface area contributed by atoms with Crippen LogP contribution in [0.25, 0.3) is 0 Å². The minimum Gasteiger partial charge on any atom is -0.478 e. The molecule has 0 aliphatic heterocycles. The summed E-state index contributed by atoms with van der Waals surface area (Å²) in [5.74, 6) is -1.29. The molecule has 104 valence electrons. The predicted molar refractivity (Wildman–Crippen MR) is 67.2 cm³/mol. The maximum absolute atomic E-state index is 10.9. The Hall–Kier alpha value is -2.22. The van der Waals surface area contributed by atoms with E-state index in [-0.39, 0.29) is 17.4 Å². The molecular formula is C11H15N3O5. The standard InChI is InChI=1S/C11H15N3O5/c1-6(3-7(2)15)13-10-9(14(18)19)4-8(5-12-10)11(16)17/h4-7,15H,3H2,1-2H3,(H,12,13)(H,16,17). The number of pyridine rings is 1. The van der Waals surface area contributed by atoms with Crippen LogP contribution in [0, 0.1) is 10.1 Å². The highest BCUT2D eigenvalue weighted by Crippen LogP contribution is 2.24. The third kappa shape index (κ3) is 4.18. The van der Waals surface area contributed by atoms with Gasteiger partial charge >= 0.3 is 11.7 Å². The van der Waals surface area contributed by atoms with Crippen molar-refractivity contribution in [3.63, 3.8) is 0 Å². The molecule has 0 radical (unpaired) electrons. The van der Waals surface area contributed by atoms with Gasteiger partial charge in [-0.2, -0.15) is 0 Å². The number of hydrogen-bond acceptors (Lipinski definition) is 6. The highest BCUT2D eigenvalue weighted by Gasteiger charge is 2.20. The van der Waals surface area contributed by atoms with Crippen molar-refractivity contribution in [2.24, 2.45) is 0 Å². The number of carbonyl (C=O) groups is 1. The fourth-order valence-corrected chi connectivity index (χ4v) is 1.62. The van der Waals surface area contributed by atoms with Gasteiger partial charge in [0.05, 0.1) is 16.6 Å². The van der Waals surface area contributed by atoms with Crippen LogP contribution in [0.15, 0.2) is 12.3 Å². The van der Waals surface area contributed by atoms with Crippen LogP contribution < -0.4 is 5.32 Å². The Morgan fingerprint density at radius 2 is 2.21 bits per heavy atom. The molecule has 1 rings (SSSR count). The first-order valence-corrected chi connectivity index (χ1v) is 5.63. The van der Waals surface area contributed by atoms with Crippen molar-refractivity contribution in [2.75, 3.05) is 5.32 Å². The summed E-state index contributed by atoms with van der Waals surface area (Å²) in [4.78, 5) is 24.7. The van der Waals surface area contributed by atoms with E-state index in [2.05, 4.69) is 10.3 Å². The van der Waals surface area contributed by atoms with E-state index in [9.17, 15) is 20.0 Å². The van der Waals surface area contributed by atoms with E-state index in [0.717, 1.165) is 12.3 Å². The number of nitrogens with zero attached hydrogens (tertiary/aromatic N) is 2. The highest BCUT2D eigenvalue weighted by molar-refractivity contribution is 5.88. The molecule has 1 heterocycles. The van der Waals surface area contributed by atoms with Gasteiger partial charge < -0.3 is 15.5 Å². The number of rotatable bonds is 6. The second-order valence-corrected chi connectivity index (χ2v) is 4.28. The number of hydrogen-bond donors (Lipinski definition) is 3. The summed E-state index contributed by atoms with van der Waals surface area (Å²) >= 11 is 0. The minimum atomic E-state index is -1.28. The third-order valence-electron chi connectivity index (χ3n) is 2.39. The van der Waals surface area contributed by atoms with Crippen LogP contribution >= 0.6 is 0 Å². The number of nitrogens with one attached hydrogen (secondary N) is 1. The largest absolute Gasteiger partial charge is 0.478 e. The van der Waals surface area contributed by atoms with E-state index < -0.39 is 22.7 Å². The lowest BCUT2D eigenvalue weighted by molar-refractivity contribution is -0.384. The van der Waals surface area contributed by atoms with Gasteiger partial charge in [-0.3, -0.25) is 10.1 Å². The Labute approximate surface area is 109 Å². The Morgan fingerprint density at radius 3 is 2.68 bits per heavy atom. The number of anilines is 1. The highest BCUT2D eigenvalue weighted by atomic mass is 16.6. The summed E-state index contributed by atoms with van der Waals surface area (Å²) in [5, 5.41) is 31.7. The molecule has 1 aromatic heterocycles. The zero-order valence-electron chi connectivity index (χ0n) is 10.5. The van der Waals surface area contributed by atoms with Gasteiger partial charge in [0.1, 0.15) is 0 Å². The van der Waals surface area contributed by atoms with Crippen molar-refractivity contribution in [1.82, 2.24) is 4.98 Å². The second-order valence-electron chi connectivity index (χ2n) is 4.28. The summed E-state index contributed by atoms with van der Waals surface area (Å²) in [7, 11) is 0. The quantitative estimate of drug-likeness (QED) is 0.524. The van der Waals surface area contributed by atoms with Crippen LogP contribution in [0.4, 0.5) is 11.5 Å². The van der Waals surface area contributed by atoms with Gasteiger partial charge in [0.2, 0.25) is 5.82 Å². The third-order valence-corrected chi connectivity index (χ3v) is 2.39. The van der Waals surface area contributed by atoms with E-state index in [1.807, 2.05) is 0 Å². The SMILES string of the molecule is CC(O)CC(C)Nc1ncc(C(=O)O)cc1[N+](=O)[O-]. The summed E-state index contributed by atoms with van der Waals surface area (Å²) in [6.07, 6.45) is 0.881. The fourth-order valence-electron chi connectivity index (χ4n) is 1.62. The molecule has 0 aromatic carbocycles. The van der Waals surface area contributed by atoms with Crippen LogP contribution in [0.5, 0.6) is 0 Å². The van der Waals surface area contributed by atoms with E-state index in [0.29, 0.717) is 6.42 Å². The van der Waals surface area contributed by atoms with E-state index in [4.69, 9.17) is 5.11 Å². The topological polar surface area (TPSA) is 126 Å². The zero-order valence-corrected chi connectivity index (χ0v) is 10.5. The monoisotopic (exact) mass is 269 g/mol. The first-order valence-electron chi connectivity index (χ1n) is 5.63. The Kier molecular flexibility index (Phi) is 4.76. The fraction of sp³-hybridized carbons (Fsp3) is 0.455. The van der Waals surface area contributed by atoms with E-state index in [1.165, 1.54) is 0 Å². The summed E-state index contributed by atoms with van der Waals surface area (Å²) in [6.45, 7) is 3.34. The van der Waals surface area contributed by atoms with Gasteiger partial charge in [0.25, 0.3) is 0 Å². The molecule has 0 amide bonds. The Balaban J connectivity index is 3.00. The molecule has 0 saturated carbocycles. The lowest BCUT2D eigenvalue weighted by atomic mass is 10.1. The number of carboxylic acids is 1. The van der Waals surface area contributed by atoms with Crippen LogP contribution in [0.1, 0.15) is 30.6 Å². The molecule has 0 aliphatic carbocycles. The van der Waals surface area contributed by atoms with Crippen molar-refractivity contribution in [3.8, 4) is 0 Å². The maximum Gasteiger partial charge on any atom is 0.337 e. The molecular weight excluding hydrogens is 254 g/mol. The maximum atomic E-state index is 10.9. The summed E-state index contributed by atoms with van der Waals surface area (Å²) in [6, 6.07) is 0.717. The Bertz CT molecular complexity index is 489. The molecule has 8 heteroatoms. The van der Waals surface area contributed by atoms with E-state index >= 15 is 0 Å². The van der Waals surface area contributed by atoms with Gasteiger partial charge in [0, 0.05) is 18.3 Å². The van der Waals surface area contributed by atoms with Crippen molar-refractivity contribution in [2.45, 2.75) is 32.4 Å². The van der Waals surface area contributed by atoms with Crippen molar-refractivity contribution in [3.05, 3.63) is 27.9 Å². The van der Waals surface area contributed by atoms with Crippen molar-refractivity contribution >= 4 is 17.5 Å². The van der Waals surface area contributed by atoms with Gasteiger partial charge in [-0.15, -0.1) is 0 Å². The number of aromatic nitrogens is 1. The average Bonchev–Trinajstić information content (AvgIpc) is 2.27. The molecule has 0 fully saturated rings. The van der Waals surface area contributed by atoms with Crippen molar-refractivity contribution < 1.29 is 19.9 Å². The van der Waals surface area contributed by atoms with Gasteiger partial charge in [-0.25, -0.2) is 9.78 Å².